The number of benzene rings is 1. The minimum Gasteiger partial charge on any atom is -0.311 e. The third kappa shape index (κ3) is 3.98. The number of rotatable bonds is 5. The lowest BCUT2D eigenvalue weighted by Gasteiger charge is -2.33. The number of imidazole rings is 1. The molecular formula is C21H23N5O5S2. The number of nitrogens with zero attached hydrogens (tertiary/aromatic N) is 5. The molecule has 5 rings (SSSR count). The summed E-state index contributed by atoms with van der Waals surface area (Å²) in [7, 11) is -7.32. The van der Waals surface area contributed by atoms with E-state index in [9.17, 15) is 16.8 Å². The summed E-state index contributed by atoms with van der Waals surface area (Å²) < 4.78 is 57.6. The highest BCUT2D eigenvalue weighted by molar-refractivity contribution is 7.90. The molecule has 0 bridgehead atoms. The van der Waals surface area contributed by atoms with Crippen molar-refractivity contribution in [2.75, 3.05) is 24.4 Å². The summed E-state index contributed by atoms with van der Waals surface area (Å²) in [5, 5.41) is 2.71. The molecule has 33 heavy (non-hydrogen) atoms. The molecule has 0 atom stereocenters. The van der Waals surface area contributed by atoms with Gasteiger partial charge >= 0.3 is 0 Å². The van der Waals surface area contributed by atoms with Gasteiger partial charge in [0.2, 0.25) is 0 Å². The molecule has 4 heterocycles. The monoisotopic (exact) mass is 489 g/mol. The summed E-state index contributed by atoms with van der Waals surface area (Å²) in [6.07, 6.45) is 6.54. The molecule has 1 saturated heterocycles. The van der Waals surface area contributed by atoms with Gasteiger partial charge in [0.15, 0.2) is 5.65 Å². The molecule has 3 aromatic heterocycles. The van der Waals surface area contributed by atoms with Crippen molar-refractivity contribution >= 4 is 42.2 Å². The van der Waals surface area contributed by atoms with Crippen molar-refractivity contribution < 1.29 is 21.0 Å². The van der Waals surface area contributed by atoms with Crippen LogP contribution in [-0.4, -0.2) is 60.9 Å². The summed E-state index contributed by atoms with van der Waals surface area (Å²) in [5.41, 5.74) is 2.68. The van der Waals surface area contributed by atoms with Gasteiger partial charge in [-0.05, 0) is 38.0 Å². The van der Waals surface area contributed by atoms with Gasteiger partial charge in [0.25, 0.3) is 20.1 Å². The van der Waals surface area contributed by atoms with Crippen LogP contribution >= 0.6 is 0 Å². The van der Waals surface area contributed by atoms with E-state index in [1.807, 2.05) is 16.6 Å². The molecule has 1 aromatic carbocycles. The zero-order valence-electron chi connectivity index (χ0n) is 18.1. The van der Waals surface area contributed by atoms with E-state index in [4.69, 9.17) is 4.18 Å². The van der Waals surface area contributed by atoms with Crippen LogP contribution < -0.4 is 5.01 Å². The van der Waals surface area contributed by atoms with E-state index in [2.05, 4.69) is 9.97 Å². The zero-order chi connectivity index (χ0) is 23.4. The Morgan fingerprint density at radius 2 is 1.70 bits per heavy atom. The van der Waals surface area contributed by atoms with Crippen LogP contribution in [0.4, 0.5) is 0 Å². The van der Waals surface area contributed by atoms with Gasteiger partial charge in [-0.25, -0.2) is 27.0 Å². The Balaban J connectivity index is 1.52. The van der Waals surface area contributed by atoms with Crippen LogP contribution in [0.5, 0.6) is 0 Å². The quantitative estimate of drug-likeness (QED) is 0.391. The largest absolute Gasteiger partial charge is 0.311 e. The minimum absolute atomic E-state index is 0.189. The molecule has 4 aromatic rings. The average molecular weight is 490 g/mol. The van der Waals surface area contributed by atoms with Gasteiger partial charge in [-0.3, -0.25) is 4.18 Å². The van der Waals surface area contributed by atoms with Crippen LogP contribution in [0.1, 0.15) is 18.4 Å². The van der Waals surface area contributed by atoms with Crippen molar-refractivity contribution in [3.8, 4) is 0 Å². The van der Waals surface area contributed by atoms with Crippen LogP contribution in [0, 0.1) is 6.92 Å². The van der Waals surface area contributed by atoms with Crippen molar-refractivity contribution in [2.24, 2.45) is 0 Å². The maximum atomic E-state index is 13.3. The molecule has 12 heteroatoms. The molecule has 1 fully saturated rings. The van der Waals surface area contributed by atoms with E-state index < -0.39 is 20.1 Å². The lowest BCUT2D eigenvalue weighted by molar-refractivity contribution is 0.172. The maximum absolute atomic E-state index is 13.3. The molecular weight excluding hydrogens is 466 g/mol. The number of pyridine rings is 1. The Morgan fingerprint density at radius 3 is 2.36 bits per heavy atom. The third-order valence-corrected chi connectivity index (χ3v) is 8.08. The number of hydrogen-bond donors (Lipinski definition) is 0. The van der Waals surface area contributed by atoms with Gasteiger partial charge in [0, 0.05) is 24.7 Å². The van der Waals surface area contributed by atoms with Gasteiger partial charge in [-0.1, -0.05) is 17.7 Å². The van der Waals surface area contributed by atoms with E-state index in [0.717, 1.165) is 17.3 Å². The normalized spacial score (nSPS) is 16.1. The molecule has 0 unspecified atom stereocenters. The fraction of sp³-hybridized carbons (Fsp3) is 0.333. The first kappa shape index (κ1) is 21.9. The van der Waals surface area contributed by atoms with Gasteiger partial charge in [-0.2, -0.15) is 8.42 Å². The van der Waals surface area contributed by atoms with E-state index in [1.165, 1.54) is 10.2 Å². The van der Waals surface area contributed by atoms with E-state index in [0.29, 0.717) is 42.5 Å². The molecule has 0 radical (unpaired) electrons. The number of aryl methyl sites for hydroxylation is 1. The Morgan fingerprint density at radius 1 is 1.00 bits per heavy atom. The average Bonchev–Trinajstić information content (AvgIpc) is 3.38. The predicted octanol–water partition coefficient (Wildman–Crippen LogP) is 2.01. The summed E-state index contributed by atoms with van der Waals surface area (Å²) in [4.78, 5) is 9.02. The van der Waals surface area contributed by atoms with Crippen molar-refractivity contribution in [3.05, 3.63) is 54.6 Å². The maximum Gasteiger partial charge on any atom is 0.269 e. The van der Waals surface area contributed by atoms with Crippen molar-refractivity contribution in [1.82, 2.24) is 18.6 Å². The second-order valence-corrected chi connectivity index (χ2v) is 11.6. The standard InChI is InChI=1S/C21H23N5O5S2/c1-15-3-5-17(6-4-15)33(29,30)26-12-9-18-20-19(13-22-21(18)26)23-14-25(20)24-10-7-16(8-11-24)31-32(2,27)28/h3-6,9,12-14,16H,7-8,10-11H2,1-2H3. The summed E-state index contributed by atoms with van der Waals surface area (Å²) in [6.45, 7) is 3.03. The predicted molar refractivity (Wildman–Crippen MR) is 124 cm³/mol. The van der Waals surface area contributed by atoms with Gasteiger partial charge in [0.05, 0.1) is 23.5 Å². The second-order valence-electron chi connectivity index (χ2n) is 8.20. The van der Waals surface area contributed by atoms with Crippen molar-refractivity contribution in [3.63, 3.8) is 0 Å². The molecule has 1 aliphatic heterocycles. The number of aromatic nitrogens is 4. The smallest absolute Gasteiger partial charge is 0.269 e. The molecule has 0 amide bonds. The number of hydrogen-bond acceptors (Lipinski definition) is 8. The van der Waals surface area contributed by atoms with Crippen LogP contribution in [0.15, 0.2) is 53.9 Å². The minimum atomic E-state index is -3.82. The summed E-state index contributed by atoms with van der Waals surface area (Å²) in [5.74, 6) is 0. The Kier molecular flexibility index (Phi) is 5.18. The molecule has 0 saturated carbocycles. The van der Waals surface area contributed by atoms with Crippen molar-refractivity contribution in [1.29, 1.82) is 0 Å². The first-order valence-electron chi connectivity index (χ1n) is 10.4. The zero-order valence-corrected chi connectivity index (χ0v) is 19.8. The lowest BCUT2D eigenvalue weighted by atomic mass is 10.1. The fourth-order valence-electron chi connectivity index (χ4n) is 4.18. The van der Waals surface area contributed by atoms with E-state index >= 15 is 0 Å². The van der Waals surface area contributed by atoms with Crippen molar-refractivity contribution in [2.45, 2.75) is 30.8 Å². The van der Waals surface area contributed by atoms with Gasteiger partial charge in [0.1, 0.15) is 17.4 Å². The highest BCUT2D eigenvalue weighted by Crippen LogP contribution is 2.28. The van der Waals surface area contributed by atoms with E-state index in [1.54, 1.807) is 42.9 Å². The summed E-state index contributed by atoms with van der Waals surface area (Å²) >= 11 is 0. The van der Waals surface area contributed by atoms with Gasteiger partial charge < -0.3 is 5.01 Å². The van der Waals surface area contributed by atoms with Crippen LogP contribution in [-0.2, 0) is 24.3 Å². The van der Waals surface area contributed by atoms with Crippen LogP contribution in [0.25, 0.3) is 22.1 Å². The second kappa shape index (κ2) is 7.82. The lowest BCUT2D eigenvalue weighted by Crippen LogP contribution is -2.43. The highest BCUT2D eigenvalue weighted by atomic mass is 32.2. The third-order valence-electron chi connectivity index (χ3n) is 5.78. The molecule has 174 valence electrons. The van der Waals surface area contributed by atoms with Crippen LogP contribution in [0.3, 0.4) is 0 Å². The number of fused-ring (bicyclic) bond motifs is 3. The highest BCUT2D eigenvalue weighted by Gasteiger charge is 2.26. The Hall–Kier alpha value is -2.96. The first-order valence-corrected chi connectivity index (χ1v) is 13.7. The first-order chi connectivity index (χ1) is 15.6. The molecule has 0 aliphatic carbocycles. The Labute approximate surface area is 191 Å². The molecule has 1 aliphatic rings. The number of piperidine rings is 1. The fourth-order valence-corrected chi connectivity index (χ4v) is 6.17. The van der Waals surface area contributed by atoms with Gasteiger partial charge in [-0.15, -0.1) is 0 Å². The van der Waals surface area contributed by atoms with E-state index in [-0.39, 0.29) is 11.0 Å². The Bertz CT molecular complexity index is 1550. The molecule has 10 nitrogen and oxygen atoms in total. The molecule has 0 spiro atoms. The summed E-state index contributed by atoms with van der Waals surface area (Å²) in [6, 6.07) is 8.42. The molecule has 0 N–H and O–H groups in total. The SMILES string of the molecule is Cc1ccc(S(=O)(=O)n2ccc3c4c(cnc32)ncn4N2CCC(OS(C)(=O)=O)CC2)cc1. The van der Waals surface area contributed by atoms with Crippen LogP contribution in [0.2, 0.25) is 0 Å². The topological polar surface area (TPSA) is 116 Å².